The first kappa shape index (κ1) is 23.9. The van der Waals surface area contributed by atoms with Crippen molar-refractivity contribution in [3.8, 4) is 0 Å². The van der Waals surface area contributed by atoms with Crippen molar-refractivity contribution in [3.05, 3.63) is 0 Å². The molecular weight excluding hydrogens is 378 g/mol. The van der Waals surface area contributed by atoms with E-state index >= 15 is 0 Å². The van der Waals surface area contributed by atoms with E-state index in [0.717, 1.165) is 25.7 Å². The number of β-amino-alcohol motifs (C(OH)–C–C–N with tert-alkyl or cyclic N) is 1. The Kier molecular flexibility index (Phi) is 8.73. The first-order chi connectivity index (χ1) is 13.7. The number of rotatable bonds is 7. The Labute approximate surface area is 173 Å². The lowest BCUT2D eigenvalue weighted by molar-refractivity contribution is -0.150. The zero-order chi connectivity index (χ0) is 21.6. The van der Waals surface area contributed by atoms with Crippen LogP contribution in [0.5, 0.6) is 0 Å². The van der Waals surface area contributed by atoms with Gasteiger partial charge in [-0.25, -0.2) is 4.79 Å². The van der Waals surface area contributed by atoms with Gasteiger partial charge in [0, 0.05) is 6.61 Å². The maximum Gasteiger partial charge on any atom is 0.410 e. The molecule has 8 nitrogen and oxygen atoms in total. The van der Waals surface area contributed by atoms with Crippen LogP contribution >= 0.6 is 0 Å². The summed E-state index contributed by atoms with van der Waals surface area (Å²) >= 11 is 0. The van der Waals surface area contributed by atoms with E-state index in [0.29, 0.717) is 13.2 Å². The fourth-order valence-corrected chi connectivity index (χ4v) is 3.96. The Hall–Kier alpha value is -1.38. The first-order valence-electron chi connectivity index (χ1n) is 10.7. The van der Waals surface area contributed by atoms with E-state index in [1.807, 2.05) is 34.6 Å². The van der Waals surface area contributed by atoms with Crippen molar-refractivity contribution >= 4 is 12.1 Å². The number of esters is 1. The van der Waals surface area contributed by atoms with Crippen LogP contribution in [0.25, 0.3) is 0 Å². The summed E-state index contributed by atoms with van der Waals surface area (Å²) in [6, 6.07) is -0.414. The van der Waals surface area contributed by atoms with Gasteiger partial charge in [-0.15, -0.1) is 0 Å². The number of carbonyl (C=O) groups is 2. The normalized spacial score (nSPS) is 30.3. The first-order valence-corrected chi connectivity index (χ1v) is 10.7. The standard InChI is InChI=1S/C21H37NO7/c1-6-26-18-16(22(12-17(18)23)20(25)29-21(3,4)5)13-28-15-10-8-14(9-11-15)19(24)27-7-2/h14-18,23H,6-13H2,1-5H3/t14-,15-,16-,17+,18-/m1/s1. The SMILES string of the molecule is CCOC(=O)[C@H]1CC[C@H](OC[C@@H]2[C@@H](OCC)[C@@H](O)CN2C(=O)OC(C)(C)C)CC1. The quantitative estimate of drug-likeness (QED) is 0.639. The minimum atomic E-state index is -0.782. The molecule has 8 heteroatoms. The van der Waals surface area contributed by atoms with Gasteiger partial charge in [0.15, 0.2) is 0 Å². The van der Waals surface area contributed by atoms with Crippen molar-refractivity contribution in [3.63, 3.8) is 0 Å². The Morgan fingerprint density at radius 2 is 1.69 bits per heavy atom. The summed E-state index contributed by atoms with van der Waals surface area (Å²) in [5.41, 5.74) is -0.622. The summed E-state index contributed by atoms with van der Waals surface area (Å²) < 4.78 is 22.4. The molecule has 1 saturated carbocycles. The molecule has 1 aliphatic heterocycles. The maximum absolute atomic E-state index is 12.6. The van der Waals surface area contributed by atoms with Crippen molar-refractivity contribution in [2.45, 2.75) is 90.3 Å². The molecule has 2 rings (SSSR count). The van der Waals surface area contributed by atoms with Crippen molar-refractivity contribution in [1.29, 1.82) is 0 Å². The van der Waals surface area contributed by atoms with E-state index in [2.05, 4.69) is 0 Å². The predicted octanol–water partition coefficient (Wildman–Crippen LogP) is 2.51. The topological polar surface area (TPSA) is 94.5 Å². The third kappa shape index (κ3) is 6.83. The third-order valence-corrected chi connectivity index (χ3v) is 5.33. The van der Waals surface area contributed by atoms with Gasteiger partial charge in [-0.2, -0.15) is 0 Å². The highest BCUT2D eigenvalue weighted by molar-refractivity contribution is 5.72. The lowest BCUT2D eigenvalue weighted by atomic mass is 9.87. The van der Waals surface area contributed by atoms with Crippen LogP contribution in [0, 0.1) is 5.92 Å². The fraction of sp³-hybridized carbons (Fsp3) is 0.905. The molecule has 0 unspecified atom stereocenters. The zero-order valence-corrected chi connectivity index (χ0v) is 18.4. The Morgan fingerprint density at radius 1 is 1.03 bits per heavy atom. The molecule has 1 aliphatic carbocycles. The molecule has 1 saturated heterocycles. The summed E-state index contributed by atoms with van der Waals surface area (Å²) in [5.74, 6) is -0.185. The summed E-state index contributed by atoms with van der Waals surface area (Å²) in [7, 11) is 0. The van der Waals surface area contributed by atoms with Crippen molar-refractivity contribution in [2.75, 3.05) is 26.4 Å². The minimum absolute atomic E-state index is 0.0150. The van der Waals surface area contributed by atoms with Crippen LogP contribution in [0.3, 0.4) is 0 Å². The number of ether oxygens (including phenoxy) is 4. The van der Waals surface area contributed by atoms with Gasteiger partial charge in [0.1, 0.15) is 11.7 Å². The average molecular weight is 416 g/mol. The maximum atomic E-state index is 12.6. The molecule has 2 aliphatic rings. The minimum Gasteiger partial charge on any atom is -0.466 e. The fourth-order valence-electron chi connectivity index (χ4n) is 3.96. The van der Waals surface area contributed by atoms with Gasteiger partial charge in [-0.1, -0.05) is 0 Å². The Morgan fingerprint density at radius 3 is 2.24 bits per heavy atom. The van der Waals surface area contributed by atoms with Crippen molar-refractivity contribution in [2.24, 2.45) is 5.92 Å². The molecule has 0 aromatic carbocycles. The second-order valence-electron chi connectivity index (χ2n) is 8.75. The van der Waals surface area contributed by atoms with E-state index < -0.39 is 29.9 Å². The van der Waals surface area contributed by atoms with E-state index in [-0.39, 0.29) is 31.1 Å². The zero-order valence-electron chi connectivity index (χ0n) is 18.4. The molecule has 2 fully saturated rings. The number of aliphatic hydroxyl groups is 1. The number of hydrogen-bond donors (Lipinski definition) is 1. The number of likely N-dealkylation sites (tertiary alicyclic amines) is 1. The molecule has 0 radical (unpaired) electrons. The lowest BCUT2D eigenvalue weighted by Crippen LogP contribution is -2.46. The van der Waals surface area contributed by atoms with Gasteiger partial charge in [0.25, 0.3) is 0 Å². The summed E-state index contributed by atoms with van der Waals surface area (Å²) in [6.45, 7) is 10.4. The highest BCUT2D eigenvalue weighted by Crippen LogP contribution is 2.29. The third-order valence-electron chi connectivity index (χ3n) is 5.33. The van der Waals surface area contributed by atoms with Crippen LogP contribution in [0.4, 0.5) is 4.79 Å². The van der Waals surface area contributed by atoms with Gasteiger partial charge >= 0.3 is 12.1 Å². The molecule has 1 amide bonds. The van der Waals surface area contributed by atoms with Crippen LogP contribution in [-0.2, 0) is 23.7 Å². The van der Waals surface area contributed by atoms with E-state index in [9.17, 15) is 14.7 Å². The molecule has 1 heterocycles. The molecule has 29 heavy (non-hydrogen) atoms. The summed E-state index contributed by atoms with van der Waals surface area (Å²) in [4.78, 5) is 26.0. The van der Waals surface area contributed by atoms with Crippen LogP contribution in [0.1, 0.15) is 60.3 Å². The van der Waals surface area contributed by atoms with Crippen LogP contribution in [0.2, 0.25) is 0 Å². The molecule has 0 spiro atoms. The van der Waals surface area contributed by atoms with Gasteiger partial charge < -0.3 is 24.1 Å². The van der Waals surface area contributed by atoms with Crippen molar-refractivity contribution in [1.82, 2.24) is 4.90 Å². The summed E-state index contributed by atoms with van der Waals surface area (Å²) in [6.07, 6.45) is 1.26. The molecule has 0 aromatic rings. The molecule has 1 N–H and O–H groups in total. The Bertz CT molecular complexity index is 540. The molecule has 168 valence electrons. The van der Waals surface area contributed by atoms with E-state index in [1.54, 1.807) is 0 Å². The van der Waals surface area contributed by atoms with Crippen LogP contribution < -0.4 is 0 Å². The number of aliphatic hydroxyl groups excluding tert-OH is 1. The summed E-state index contributed by atoms with van der Waals surface area (Å²) in [5, 5.41) is 10.4. The van der Waals surface area contributed by atoms with E-state index in [1.165, 1.54) is 4.90 Å². The van der Waals surface area contributed by atoms with E-state index in [4.69, 9.17) is 18.9 Å². The van der Waals surface area contributed by atoms with Gasteiger partial charge in [-0.05, 0) is 60.3 Å². The monoisotopic (exact) mass is 415 g/mol. The van der Waals surface area contributed by atoms with Gasteiger partial charge in [-0.3, -0.25) is 9.69 Å². The molecule has 0 aromatic heterocycles. The Balaban J connectivity index is 1.94. The second-order valence-corrected chi connectivity index (χ2v) is 8.75. The molecular formula is C21H37NO7. The molecule has 3 atom stereocenters. The number of nitrogens with zero attached hydrogens (tertiary/aromatic N) is 1. The predicted molar refractivity (Wildman–Crippen MR) is 106 cm³/mol. The lowest BCUT2D eigenvalue weighted by Gasteiger charge is -2.32. The highest BCUT2D eigenvalue weighted by Gasteiger charge is 2.46. The number of carbonyl (C=O) groups excluding carboxylic acids is 2. The second kappa shape index (κ2) is 10.6. The largest absolute Gasteiger partial charge is 0.466 e. The number of amides is 1. The van der Waals surface area contributed by atoms with Gasteiger partial charge in [0.2, 0.25) is 0 Å². The average Bonchev–Trinajstić information content (AvgIpc) is 2.96. The van der Waals surface area contributed by atoms with Crippen molar-refractivity contribution < 1.29 is 33.6 Å². The van der Waals surface area contributed by atoms with Crippen LogP contribution in [0.15, 0.2) is 0 Å². The number of hydrogen-bond acceptors (Lipinski definition) is 7. The molecule has 0 bridgehead atoms. The highest BCUT2D eigenvalue weighted by atomic mass is 16.6. The smallest absolute Gasteiger partial charge is 0.410 e. The van der Waals surface area contributed by atoms with Gasteiger partial charge in [0.05, 0.1) is 43.9 Å². The van der Waals surface area contributed by atoms with Crippen LogP contribution in [-0.4, -0.2) is 78.4 Å².